The highest BCUT2D eigenvalue weighted by Crippen LogP contribution is 2.44. The molecule has 2 aliphatic carbocycles. The maximum Gasteiger partial charge on any atom is 0.268 e. The molecule has 3 aliphatic rings. The number of rotatable bonds is 12. The van der Waals surface area contributed by atoms with Crippen LogP contribution in [-0.4, -0.2) is 84.4 Å². The molecule has 8 rings (SSSR count). The first-order valence-corrected chi connectivity index (χ1v) is 23.2. The maximum atomic E-state index is 14.8. The van der Waals surface area contributed by atoms with Gasteiger partial charge in [-0.05, 0) is 111 Å². The number of ether oxygens (including phenoxy) is 2. The molecule has 2 fully saturated rings. The molecule has 1 saturated heterocycles. The van der Waals surface area contributed by atoms with Crippen LogP contribution in [0.25, 0.3) is 16.5 Å². The summed E-state index contributed by atoms with van der Waals surface area (Å²) >= 11 is 12.7. The number of sulfonamides is 1. The molecule has 16 heteroatoms. The molecule has 1 saturated carbocycles. The summed E-state index contributed by atoms with van der Waals surface area (Å²) in [6, 6.07) is 16.7. The van der Waals surface area contributed by atoms with Crippen molar-refractivity contribution in [3.63, 3.8) is 0 Å². The van der Waals surface area contributed by atoms with Gasteiger partial charge >= 0.3 is 0 Å². The van der Waals surface area contributed by atoms with E-state index in [1.165, 1.54) is 47.2 Å². The smallest absolute Gasteiger partial charge is 0.268 e. The van der Waals surface area contributed by atoms with Crippen LogP contribution in [0.2, 0.25) is 10.0 Å². The van der Waals surface area contributed by atoms with Crippen molar-refractivity contribution in [1.29, 1.82) is 0 Å². The summed E-state index contributed by atoms with van der Waals surface area (Å²) in [5.41, 5.74) is 4.65. The lowest BCUT2D eigenvalue weighted by Gasteiger charge is -2.39. The predicted molar refractivity (Wildman–Crippen MR) is 239 cm³/mol. The second-order valence-electron chi connectivity index (χ2n) is 17.9. The highest BCUT2D eigenvalue weighted by atomic mass is 35.5. The van der Waals surface area contributed by atoms with Crippen molar-refractivity contribution in [2.24, 2.45) is 11.3 Å². The predicted octanol–water partition coefficient (Wildman–Crippen LogP) is 9.42. The average molecular weight is 906 g/mol. The van der Waals surface area contributed by atoms with Gasteiger partial charge in [0.05, 0.1) is 41.1 Å². The van der Waals surface area contributed by atoms with Crippen LogP contribution in [0, 0.1) is 17.2 Å². The lowest BCUT2D eigenvalue weighted by molar-refractivity contribution is 0.00127. The number of hydrogen-bond acceptors (Lipinski definition) is 10. The number of aliphatic hydroxyl groups is 1. The first-order chi connectivity index (χ1) is 29.5. The molecule has 5 aromatic rings. The van der Waals surface area contributed by atoms with E-state index >= 15 is 0 Å². The molecule has 0 unspecified atom stereocenters. The number of nitrogens with zero attached hydrogens (tertiary/aromatic N) is 4. The Kier molecular flexibility index (Phi) is 12.6. The minimum absolute atomic E-state index is 0.0254. The number of anilines is 1. The largest absolute Gasteiger partial charge is 0.476 e. The molecular weight excluding hydrogens is 855 g/mol. The van der Waals surface area contributed by atoms with Crippen LogP contribution in [0.4, 0.5) is 10.1 Å². The normalized spacial score (nSPS) is 21.0. The third kappa shape index (κ3) is 10.2. The Morgan fingerprint density at radius 3 is 2.44 bits per heavy atom. The van der Waals surface area contributed by atoms with E-state index in [9.17, 15) is 22.7 Å². The Bertz CT molecular complexity index is 2600. The number of halogens is 3. The number of carbonyl (C=O) groups excluding carboxylic acids is 1. The standard InChI is InChI=1S/C46H51Cl2FN6O6S/c1-45(2)13-12-31(37(24-45)30-4-6-32(47)7-5-30)27-54-16-18-55(19-17-54)34-8-9-36(42(22-34)61-41-21-33(49)20-40-38(41)26-51-52-40)43(56)53-62(58,59)35-23-39(48)44(50-25-35)60-28-29-10-14-46(3,57)15-11-29/h4-9,20-23,25-26,29,57H,10-19,24,27-28H2,1-3H3,(H,51,52)(H,53,56). The summed E-state index contributed by atoms with van der Waals surface area (Å²) in [6.07, 6.45) is 8.61. The monoisotopic (exact) mass is 904 g/mol. The summed E-state index contributed by atoms with van der Waals surface area (Å²) in [7, 11) is -4.48. The highest BCUT2D eigenvalue weighted by Gasteiger charge is 2.32. The van der Waals surface area contributed by atoms with Crippen LogP contribution in [0.15, 0.2) is 83.5 Å². The number of fused-ring (bicyclic) bond motifs is 1. The molecule has 2 aromatic heterocycles. The number of benzene rings is 3. The minimum atomic E-state index is -4.48. The number of aromatic amines is 1. The van der Waals surface area contributed by atoms with Crippen molar-refractivity contribution in [3.05, 3.63) is 106 Å². The molecule has 1 aliphatic heterocycles. The zero-order valence-corrected chi connectivity index (χ0v) is 37.3. The molecule has 328 valence electrons. The van der Waals surface area contributed by atoms with Gasteiger partial charge in [-0.3, -0.25) is 14.8 Å². The first kappa shape index (κ1) is 43.9. The van der Waals surface area contributed by atoms with Crippen molar-refractivity contribution >= 4 is 61.3 Å². The number of pyridine rings is 1. The molecular formula is C46H51Cl2FN6O6S. The van der Waals surface area contributed by atoms with E-state index in [1.807, 2.05) is 19.1 Å². The van der Waals surface area contributed by atoms with E-state index in [4.69, 9.17) is 32.7 Å². The van der Waals surface area contributed by atoms with Crippen LogP contribution < -0.4 is 19.1 Å². The Labute approximate surface area is 371 Å². The minimum Gasteiger partial charge on any atom is -0.476 e. The summed E-state index contributed by atoms with van der Waals surface area (Å²) in [5.74, 6) is -1.17. The quantitative estimate of drug-likeness (QED) is 0.111. The zero-order chi connectivity index (χ0) is 43.8. The van der Waals surface area contributed by atoms with Gasteiger partial charge in [-0.15, -0.1) is 0 Å². The van der Waals surface area contributed by atoms with Gasteiger partial charge in [-0.25, -0.2) is 22.5 Å². The third-order valence-electron chi connectivity index (χ3n) is 12.4. The van der Waals surface area contributed by atoms with E-state index in [1.54, 1.807) is 12.1 Å². The number of aromatic nitrogens is 3. The maximum absolute atomic E-state index is 14.8. The summed E-state index contributed by atoms with van der Waals surface area (Å²) in [6.45, 7) is 10.6. The number of piperazine rings is 1. The fourth-order valence-electron chi connectivity index (χ4n) is 8.63. The number of nitrogens with one attached hydrogen (secondary N) is 2. The Balaban J connectivity index is 0.993. The molecule has 3 aromatic carbocycles. The molecule has 3 heterocycles. The third-order valence-corrected chi connectivity index (χ3v) is 14.2. The van der Waals surface area contributed by atoms with Crippen molar-refractivity contribution in [2.75, 3.05) is 44.2 Å². The van der Waals surface area contributed by atoms with Crippen molar-refractivity contribution in [1.82, 2.24) is 24.8 Å². The van der Waals surface area contributed by atoms with Crippen LogP contribution >= 0.6 is 23.2 Å². The van der Waals surface area contributed by atoms with Crippen LogP contribution in [-0.2, 0) is 10.0 Å². The van der Waals surface area contributed by atoms with Gasteiger partial charge < -0.3 is 19.5 Å². The zero-order valence-electron chi connectivity index (χ0n) is 35.0. The Morgan fingerprint density at radius 1 is 0.968 bits per heavy atom. The fraction of sp³-hybridized carbons (Fsp3) is 0.413. The van der Waals surface area contributed by atoms with E-state index in [2.05, 4.69) is 55.7 Å². The number of hydrogen-bond donors (Lipinski definition) is 3. The van der Waals surface area contributed by atoms with E-state index < -0.39 is 27.3 Å². The van der Waals surface area contributed by atoms with Gasteiger partial charge in [0.2, 0.25) is 5.88 Å². The SMILES string of the molecule is CC1(C)CCC(CN2CCN(c3ccc(C(=O)NS(=O)(=O)c4cnc(OCC5CCC(C)(O)CC5)c(Cl)c4)c(Oc4cc(F)cc5[nH]ncc45)c3)CC2)=C(c2ccc(Cl)cc2)C1. The first-order valence-electron chi connectivity index (χ1n) is 21.0. The van der Waals surface area contributed by atoms with Crippen LogP contribution in [0.5, 0.6) is 17.4 Å². The lowest BCUT2D eigenvalue weighted by Crippen LogP contribution is -2.47. The molecule has 0 spiro atoms. The topological polar surface area (TPSA) is 150 Å². The summed E-state index contributed by atoms with van der Waals surface area (Å²) in [4.78, 5) is 22.4. The Morgan fingerprint density at radius 2 is 1.71 bits per heavy atom. The van der Waals surface area contributed by atoms with Crippen molar-refractivity contribution < 1.29 is 32.2 Å². The van der Waals surface area contributed by atoms with E-state index in [-0.39, 0.29) is 44.2 Å². The van der Waals surface area contributed by atoms with Gasteiger partial charge in [0, 0.05) is 55.6 Å². The number of carbonyl (C=O) groups is 1. The second kappa shape index (κ2) is 17.8. The Hall–Kier alpha value is -4.73. The van der Waals surface area contributed by atoms with Gasteiger partial charge in [-0.2, -0.15) is 5.10 Å². The van der Waals surface area contributed by atoms with Crippen molar-refractivity contribution in [3.8, 4) is 17.4 Å². The summed E-state index contributed by atoms with van der Waals surface area (Å²) in [5, 5.41) is 18.2. The summed E-state index contributed by atoms with van der Waals surface area (Å²) < 4.78 is 56.3. The van der Waals surface area contributed by atoms with Gasteiger partial charge in [0.1, 0.15) is 27.2 Å². The highest BCUT2D eigenvalue weighted by molar-refractivity contribution is 7.90. The van der Waals surface area contributed by atoms with Gasteiger partial charge in [0.15, 0.2) is 0 Å². The molecule has 0 atom stereocenters. The second-order valence-corrected chi connectivity index (χ2v) is 20.4. The lowest BCUT2D eigenvalue weighted by atomic mass is 9.72. The average Bonchev–Trinajstić information content (AvgIpc) is 3.71. The van der Waals surface area contributed by atoms with Crippen molar-refractivity contribution in [2.45, 2.75) is 76.2 Å². The number of allylic oxidation sites excluding steroid dienone is 1. The molecule has 3 N–H and O–H groups in total. The van der Waals surface area contributed by atoms with E-state index in [0.717, 1.165) is 68.6 Å². The van der Waals surface area contributed by atoms with Crippen LogP contribution in [0.3, 0.4) is 0 Å². The molecule has 1 amide bonds. The molecule has 62 heavy (non-hydrogen) atoms. The fourth-order valence-corrected chi connectivity index (χ4v) is 9.97. The molecule has 0 bridgehead atoms. The number of H-pyrrole nitrogens is 1. The van der Waals surface area contributed by atoms with Crippen LogP contribution in [0.1, 0.15) is 81.6 Å². The molecule has 0 radical (unpaired) electrons. The van der Waals surface area contributed by atoms with Gasteiger partial charge in [0.25, 0.3) is 15.9 Å². The molecule has 12 nitrogen and oxygen atoms in total. The van der Waals surface area contributed by atoms with Gasteiger partial charge in [-0.1, -0.05) is 54.8 Å². The number of amides is 1. The van der Waals surface area contributed by atoms with E-state index in [0.29, 0.717) is 43.4 Å².